The molecule has 1 amide bonds. The lowest BCUT2D eigenvalue weighted by molar-refractivity contribution is 0.102. The van der Waals surface area contributed by atoms with Crippen molar-refractivity contribution in [3.63, 3.8) is 0 Å². The number of amides is 1. The van der Waals surface area contributed by atoms with Gasteiger partial charge in [0.25, 0.3) is 15.9 Å². The Morgan fingerprint density at radius 1 is 0.882 bits per heavy atom. The van der Waals surface area contributed by atoms with E-state index in [4.69, 9.17) is 13.9 Å². The molecular weight excluding hydrogens is 460 g/mol. The van der Waals surface area contributed by atoms with Crippen LogP contribution >= 0.6 is 0 Å². The lowest BCUT2D eigenvalue weighted by atomic mass is 10.2. The van der Waals surface area contributed by atoms with E-state index in [1.807, 2.05) is 0 Å². The summed E-state index contributed by atoms with van der Waals surface area (Å²) >= 11 is 0. The van der Waals surface area contributed by atoms with E-state index < -0.39 is 15.9 Å². The van der Waals surface area contributed by atoms with Gasteiger partial charge in [-0.1, -0.05) is 23.3 Å². The van der Waals surface area contributed by atoms with Crippen molar-refractivity contribution in [2.45, 2.75) is 4.90 Å². The van der Waals surface area contributed by atoms with Crippen molar-refractivity contribution in [1.29, 1.82) is 0 Å². The molecule has 1 heterocycles. The molecule has 11 heteroatoms. The number of aromatic nitrogens is 2. The highest BCUT2D eigenvalue weighted by Gasteiger charge is 2.20. The monoisotopic (exact) mass is 480 g/mol. The van der Waals surface area contributed by atoms with Gasteiger partial charge in [-0.25, -0.2) is 8.42 Å². The van der Waals surface area contributed by atoms with Crippen LogP contribution in [-0.4, -0.2) is 38.7 Å². The quantitative estimate of drug-likeness (QED) is 0.389. The number of rotatable bonds is 8. The van der Waals surface area contributed by atoms with Gasteiger partial charge in [0, 0.05) is 5.56 Å². The molecule has 174 valence electrons. The van der Waals surface area contributed by atoms with Gasteiger partial charge in [-0.2, -0.15) is 0 Å². The van der Waals surface area contributed by atoms with Crippen LogP contribution in [0.4, 0.5) is 11.7 Å². The summed E-state index contributed by atoms with van der Waals surface area (Å²) in [6.45, 7) is 0. The lowest BCUT2D eigenvalue weighted by Crippen LogP contribution is -2.18. The molecule has 0 aliphatic heterocycles. The first kappa shape index (κ1) is 22.8. The maximum Gasteiger partial charge on any atom is 0.322 e. The topological polar surface area (TPSA) is 133 Å². The van der Waals surface area contributed by atoms with Gasteiger partial charge in [0.15, 0.2) is 0 Å². The third-order valence-corrected chi connectivity index (χ3v) is 6.13. The first-order valence-corrected chi connectivity index (χ1v) is 11.4. The molecule has 0 unspecified atom stereocenters. The molecule has 4 rings (SSSR count). The summed E-state index contributed by atoms with van der Waals surface area (Å²) in [6, 6.07) is 18.9. The zero-order valence-corrected chi connectivity index (χ0v) is 19.0. The Morgan fingerprint density at radius 3 is 2.35 bits per heavy atom. The van der Waals surface area contributed by atoms with Crippen LogP contribution in [0.15, 0.2) is 82.1 Å². The molecule has 3 aromatic carbocycles. The number of nitrogens with one attached hydrogen (secondary N) is 2. The third-order valence-electron chi connectivity index (χ3n) is 4.75. The second-order valence-electron chi connectivity index (χ2n) is 6.93. The minimum atomic E-state index is -3.95. The second kappa shape index (κ2) is 9.63. The molecule has 0 saturated heterocycles. The van der Waals surface area contributed by atoms with Crippen LogP contribution in [0.3, 0.4) is 0 Å². The normalized spacial score (nSPS) is 11.0. The number of methoxy groups -OCH3 is 2. The summed E-state index contributed by atoms with van der Waals surface area (Å²) < 4.78 is 43.8. The molecule has 0 aliphatic carbocycles. The molecule has 1 aromatic heterocycles. The molecule has 0 fully saturated rings. The zero-order valence-electron chi connectivity index (χ0n) is 18.2. The summed E-state index contributed by atoms with van der Waals surface area (Å²) in [7, 11) is -0.928. The van der Waals surface area contributed by atoms with Crippen LogP contribution < -0.4 is 19.5 Å². The molecule has 34 heavy (non-hydrogen) atoms. The molecule has 0 bridgehead atoms. The molecular formula is C23H20N4O6S. The first-order chi connectivity index (χ1) is 16.4. The van der Waals surface area contributed by atoms with E-state index in [-0.39, 0.29) is 28.1 Å². The predicted molar refractivity (Wildman–Crippen MR) is 124 cm³/mol. The van der Waals surface area contributed by atoms with E-state index in [9.17, 15) is 13.2 Å². The van der Waals surface area contributed by atoms with E-state index in [1.54, 1.807) is 43.5 Å². The van der Waals surface area contributed by atoms with Crippen LogP contribution in [-0.2, 0) is 10.0 Å². The van der Waals surface area contributed by atoms with Crippen LogP contribution in [0.25, 0.3) is 11.5 Å². The summed E-state index contributed by atoms with van der Waals surface area (Å²) in [5.74, 6) is 0.683. The number of hydrogen-bond donors (Lipinski definition) is 2. The Balaban J connectivity index is 1.53. The maximum absolute atomic E-state index is 12.9. The first-order valence-electron chi connectivity index (χ1n) is 9.95. The van der Waals surface area contributed by atoms with Crippen LogP contribution in [0.1, 0.15) is 10.4 Å². The highest BCUT2D eigenvalue weighted by molar-refractivity contribution is 7.92. The van der Waals surface area contributed by atoms with Crippen LogP contribution in [0.2, 0.25) is 0 Å². The number of anilines is 2. The minimum absolute atomic E-state index is 0.0170. The molecule has 4 aromatic rings. The van der Waals surface area contributed by atoms with E-state index in [1.165, 1.54) is 43.5 Å². The molecule has 0 saturated carbocycles. The van der Waals surface area contributed by atoms with Gasteiger partial charge < -0.3 is 13.9 Å². The fraction of sp³-hybridized carbons (Fsp3) is 0.0870. The van der Waals surface area contributed by atoms with Gasteiger partial charge in [-0.15, -0.1) is 5.10 Å². The maximum atomic E-state index is 12.9. The van der Waals surface area contributed by atoms with Gasteiger partial charge in [0.1, 0.15) is 11.5 Å². The molecule has 10 nitrogen and oxygen atoms in total. The number of hydrogen-bond acceptors (Lipinski definition) is 8. The summed E-state index contributed by atoms with van der Waals surface area (Å²) in [4.78, 5) is 12.9. The zero-order chi connectivity index (χ0) is 24.1. The van der Waals surface area contributed by atoms with Crippen LogP contribution in [0.5, 0.6) is 11.5 Å². The average Bonchev–Trinajstić information content (AvgIpc) is 3.32. The molecule has 0 spiro atoms. The van der Waals surface area contributed by atoms with E-state index in [2.05, 4.69) is 20.2 Å². The van der Waals surface area contributed by atoms with Gasteiger partial charge in [-0.05, 0) is 54.6 Å². The highest BCUT2D eigenvalue weighted by Crippen LogP contribution is 2.25. The number of ether oxygens (including phenoxy) is 2. The Labute approximate surface area is 195 Å². The van der Waals surface area contributed by atoms with Gasteiger partial charge in [0.2, 0.25) is 5.89 Å². The molecule has 0 atom stereocenters. The van der Waals surface area contributed by atoms with Crippen molar-refractivity contribution in [2.75, 3.05) is 24.3 Å². The van der Waals surface area contributed by atoms with E-state index >= 15 is 0 Å². The third kappa shape index (κ3) is 4.99. The minimum Gasteiger partial charge on any atom is -0.497 e. The SMILES string of the molecule is COc1ccc(S(=O)(=O)Nc2ccccc2C(=O)Nc2nnc(-c3cccc(OC)c3)o2)cc1. The second-order valence-corrected chi connectivity index (χ2v) is 8.61. The number of carbonyl (C=O) groups excluding carboxylic acids is 1. The summed E-state index contributed by atoms with van der Waals surface area (Å²) in [5.41, 5.74) is 0.768. The number of carbonyl (C=O) groups is 1. The van der Waals surface area contributed by atoms with Crippen LogP contribution in [0, 0.1) is 0 Å². The molecule has 0 radical (unpaired) electrons. The largest absolute Gasteiger partial charge is 0.497 e. The van der Waals surface area contributed by atoms with E-state index in [0.717, 1.165) is 0 Å². The standard InChI is InChI=1S/C23H20N4O6S/c1-31-16-10-12-18(13-11-16)34(29,30)27-20-9-4-3-8-19(20)21(28)24-23-26-25-22(33-23)15-6-5-7-17(14-15)32-2/h3-14,27H,1-2H3,(H,24,26,28). The van der Waals surface area contributed by atoms with Gasteiger partial charge >= 0.3 is 6.01 Å². The molecule has 0 aliphatic rings. The van der Waals surface area contributed by atoms with Crippen molar-refractivity contribution < 1.29 is 27.1 Å². The Kier molecular flexibility index (Phi) is 6.46. The number of benzene rings is 3. The Morgan fingerprint density at radius 2 is 1.62 bits per heavy atom. The fourth-order valence-electron chi connectivity index (χ4n) is 3.04. The van der Waals surface area contributed by atoms with Crippen molar-refractivity contribution >= 4 is 27.6 Å². The summed E-state index contributed by atoms with van der Waals surface area (Å²) in [5, 5.41) is 10.3. The van der Waals surface area contributed by atoms with Crippen molar-refractivity contribution in [3.05, 3.63) is 78.4 Å². The predicted octanol–water partition coefficient (Wildman–Crippen LogP) is 3.81. The number of nitrogens with zero attached hydrogens (tertiary/aromatic N) is 2. The van der Waals surface area contributed by atoms with Gasteiger partial charge in [0.05, 0.1) is 30.4 Å². The number of sulfonamides is 1. The summed E-state index contributed by atoms with van der Waals surface area (Å²) in [6.07, 6.45) is 0. The fourth-order valence-corrected chi connectivity index (χ4v) is 4.12. The highest BCUT2D eigenvalue weighted by atomic mass is 32.2. The van der Waals surface area contributed by atoms with Crippen molar-refractivity contribution in [2.24, 2.45) is 0 Å². The lowest BCUT2D eigenvalue weighted by Gasteiger charge is -2.12. The van der Waals surface area contributed by atoms with Gasteiger partial charge in [-0.3, -0.25) is 14.8 Å². The number of para-hydroxylation sites is 1. The van der Waals surface area contributed by atoms with Crippen molar-refractivity contribution in [1.82, 2.24) is 10.2 Å². The van der Waals surface area contributed by atoms with E-state index in [0.29, 0.717) is 17.1 Å². The van der Waals surface area contributed by atoms with Crippen molar-refractivity contribution in [3.8, 4) is 23.0 Å². The molecule has 2 N–H and O–H groups in total. The smallest absolute Gasteiger partial charge is 0.322 e. The Bertz CT molecular complexity index is 1420. The average molecular weight is 481 g/mol. The Hall–Kier alpha value is -4.38.